The monoisotopic (exact) mass is 306 g/mol. The Labute approximate surface area is 127 Å². The van der Waals surface area contributed by atoms with Gasteiger partial charge in [-0.1, -0.05) is 0 Å². The number of esters is 1. The third kappa shape index (κ3) is 3.69. The second kappa shape index (κ2) is 6.53. The van der Waals surface area contributed by atoms with Crippen LogP contribution in [-0.4, -0.2) is 29.6 Å². The summed E-state index contributed by atoms with van der Waals surface area (Å²) in [5, 5.41) is 3.00. The fourth-order valence-corrected chi connectivity index (χ4v) is 2.54. The molecule has 0 fully saturated rings. The van der Waals surface area contributed by atoms with Crippen molar-refractivity contribution in [3.05, 3.63) is 33.9 Å². The highest BCUT2D eigenvalue weighted by Crippen LogP contribution is 2.22. The van der Waals surface area contributed by atoms with Crippen LogP contribution >= 0.6 is 11.3 Å². The maximum atomic E-state index is 12.0. The fourth-order valence-electron chi connectivity index (χ4n) is 1.94. The quantitative estimate of drug-likeness (QED) is 0.853. The molecule has 0 aliphatic rings. The van der Waals surface area contributed by atoms with E-state index in [4.69, 9.17) is 10.5 Å². The molecule has 2 aromatic heterocycles. The highest BCUT2D eigenvalue weighted by atomic mass is 32.1. The second-order valence-corrected chi connectivity index (χ2v) is 5.64. The van der Waals surface area contributed by atoms with E-state index in [1.54, 1.807) is 24.3 Å². The van der Waals surface area contributed by atoms with Crippen molar-refractivity contribution in [1.29, 1.82) is 0 Å². The predicted molar refractivity (Wildman–Crippen MR) is 83.6 cm³/mol. The molecule has 0 spiro atoms. The molecule has 0 saturated carbocycles. The van der Waals surface area contributed by atoms with Crippen molar-refractivity contribution in [3.8, 4) is 0 Å². The Morgan fingerprint density at radius 2 is 2.29 bits per heavy atom. The molecule has 2 rings (SSSR count). The van der Waals surface area contributed by atoms with E-state index in [0.717, 1.165) is 10.7 Å². The molecule has 2 N–H and O–H groups in total. The molecule has 7 heteroatoms. The highest BCUT2D eigenvalue weighted by Gasteiger charge is 2.18. The van der Waals surface area contributed by atoms with Crippen LogP contribution < -0.4 is 10.6 Å². The molecular weight excluding hydrogens is 288 g/mol. The van der Waals surface area contributed by atoms with Crippen LogP contribution in [0.5, 0.6) is 0 Å². The number of thiazole rings is 1. The number of ether oxygens (including phenoxy) is 1. The first kappa shape index (κ1) is 15.2. The smallest absolute Gasteiger partial charge is 0.341 e. The lowest BCUT2D eigenvalue weighted by atomic mass is 10.2. The Morgan fingerprint density at radius 1 is 1.52 bits per heavy atom. The molecule has 0 aliphatic carbocycles. The van der Waals surface area contributed by atoms with E-state index in [1.807, 2.05) is 24.3 Å². The van der Waals surface area contributed by atoms with Crippen molar-refractivity contribution in [2.45, 2.75) is 20.4 Å². The van der Waals surface area contributed by atoms with Crippen LogP contribution in [-0.2, 0) is 11.3 Å². The molecule has 0 aliphatic heterocycles. The lowest BCUT2D eigenvalue weighted by molar-refractivity contribution is 0.0526. The van der Waals surface area contributed by atoms with Gasteiger partial charge in [-0.25, -0.2) is 14.8 Å². The number of rotatable bonds is 5. The zero-order valence-corrected chi connectivity index (χ0v) is 13.1. The van der Waals surface area contributed by atoms with E-state index < -0.39 is 5.97 Å². The Hall–Kier alpha value is -2.15. The van der Waals surface area contributed by atoms with Crippen LogP contribution in [0, 0.1) is 6.92 Å². The van der Waals surface area contributed by atoms with E-state index in [1.165, 1.54) is 6.20 Å². The van der Waals surface area contributed by atoms with Crippen molar-refractivity contribution >= 4 is 28.8 Å². The van der Waals surface area contributed by atoms with Crippen LogP contribution in [0.25, 0.3) is 0 Å². The van der Waals surface area contributed by atoms with Gasteiger partial charge in [0, 0.05) is 12.4 Å². The van der Waals surface area contributed by atoms with Crippen LogP contribution in [0.2, 0.25) is 0 Å². The lowest BCUT2D eigenvalue weighted by Gasteiger charge is -2.19. The standard InChI is InChI=1S/C14H18N4O2S/c1-4-20-14(19)12-5-10(15)6-16-13(12)18(3)7-11-8-21-9(2)17-11/h5-6,8H,4,7,15H2,1-3H3. The van der Waals surface area contributed by atoms with Crippen LogP contribution in [0.4, 0.5) is 11.5 Å². The van der Waals surface area contributed by atoms with Gasteiger partial charge in [-0.05, 0) is 19.9 Å². The summed E-state index contributed by atoms with van der Waals surface area (Å²) in [5.74, 6) is 0.113. The van der Waals surface area contributed by atoms with Gasteiger partial charge in [-0.15, -0.1) is 11.3 Å². The molecule has 2 heterocycles. The van der Waals surface area contributed by atoms with Crippen molar-refractivity contribution in [2.24, 2.45) is 0 Å². The van der Waals surface area contributed by atoms with E-state index in [0.29, 0.717) is 30.2 Å². The van der Waals surface area contributed by atoms with Gasteiger partial charge in [-0.3, -0.25) is 0 Å². The topological polar surface area (TPSA) is 81.3 Å². The van der Waals surface area contributed by atoms with E-state index in [-0.39, 0.29) is 0 Å². The Balaban J connectivity index is 2.27. The molecule has 0 bridgehead atoms. The molecule has 0 saturated heterocycles. The SMILES string of the molecule is CCOC(=O)c1cc(N)cnc1N(C)Cc1csc(C)n1. The average molecular weight is 306 g/mol. The molecule has 0 atom stereocenters. The van der Waals surface area contributed by atoms with Gasteiger partial charge >= 0.3 is 5.97 Å². The number of hydrogen-bond donors (Lipinski definition) is 1. The number of nitrogen functional groups attached to an aromatic ring is 1. The van der Waals surface area contributed by atoms with Gasteiger partial charge in [0.15, 0.2) is 0 Å². The van der Waals surface area contributed by atoms with Crippen LogP contribution in [0.1, 0.15) is 28.0 Å². The molecule has 6 nitrogen and oxygen atoms in total. The summed E-state index contributed by atoms with van der Waals surface area (Å²) in [4.78, 5) is 22.6. The van der Waals surface area contributed by atoms with Crippen molar-refractivity contribution in [3.63, 3.8) is 0 Å². The third-order valence-corrected chi connectivity index (χ3v) is 3.63. The third-order valence-electron chi connectivity index (χ3n) is 2.81. The van der Waals surface area contributed by atoms with Crippen molar-refractivity contribution < 1.29 is 9.53 Å². The molecule has 0 unspecified atom stereocenters. The largest absolute Gasteiger partial charge is 0.462 e. The predicted octanol–water partition coefficient (Wildman–Crippen LogP) is 2.24. The van der Waals surface area contributed by atoms with Gasteiger partial charge in [0.2, 0.25) is 0 Å². The second-order valence-electron chi connectivity index (χ2n) is 4.57. The summed E-state index contributed by atoms with van der Waals surface area (Å²) >= 11 is 1.59. The Bertz CT molecular complexity index is 642. The number of anilines is 2. The molecule has 0 amide bonds. The van der Waals surface area contributed by atoms with Crippen LogP contribution in [0.3, 0.4) is 0 Å². The summed E-state index contributed by atoms with van der Waals surface area (Å²) in [6.45, 7) is 4.59. The minimum absolute atomic E-state index is 0.308. The molecule has 2 aromatic rings. The molecule has 112 valence electrons. The first-order valence-corrected chi connectivity index (χ1v) is 7.44. The molecular formula is C14H18N4O2S. The van der Waals surface area contributed by atoms with Gasteiger partial charge in [0.1, 0.15) is 11.4 Å². The number of pyridine rings is 1. The number of aryl methyl sites for hydroxylation is 1. The minimum atomic E-state index is -0.423. The average Bonchev–Trinajstić information content (AvgIpc) is 2.84. The molecule has 0 aromatic carbocycles. The maximum absolute atomic E-state index is 12.0. The van der Waals surface area contributed by atoms with Crippen LogP contribution in [0.15, 0.2) is 17.6 Å². The Kier molecular flexibility index (Phi) is 4.74. The lowest BCUT2D eigenvalue weighted by Crippen LogP contribution is -2.22. The van der Waals surface area contributed by atoms with E-state index in [9.17, 15) is 4.79 Å². The van der Waals surface area contributed by atoms with E-state index in [2.05, 4.69) is 9.97 Å². The number of carbonyl (C=O) groups is 1. The number of hydrogen-bond acceptors (Lipinski definition) is 7. The number of nitrogens with two attached hydrogens (primary N) is 1. The zero-order valence-electron chi connectivity index (χ0n) is 12.3. The fraction of sp³-hybridized carbons (Fsp3) is 0.357. The summed E-state index contributed by atoms with van der Waals surface area (Å²) < 4.78 is 5.05. The summed E-state index contributed by atoms with van der Waals surface area (Å²) in [7, 11) is 1.86. The maximum Gasteiger partial charge on any atom is 0.341 e. The summed E-state index contributed by atoms with van der Waals surface area (Å²) in [6.07, 6.45) is 1.53. The van der Waals surface area contributed by atoms with Crippen molar-refractivity contribution in [1.82, 2.24) is 9.97 Å². The number of carbonyl (C=O) groups excluding carboxylic acids is 1. The Morgan fingerprint density at radius 3 is 2.90 bits per heavy atom. The van der Waals surface area contributed by atoms with Gasteiger partial charge < -0.3 is 15.4 Å². The first-order valence-electron chi connectivity index (χ1n) is 6.56. The molecule has 21 heavy (non-hydrogen) atoms. The first-order chi connectivity index (χ1) is 10.0. The normalized spacial score (nSPS) is 10.4. The zero-order chi connectivity index (χ0) is 15.4. The minimum Gasteiger partial charge on any atom is -0.462 e. The van der Waals surface area contributed by atoms with Crippen molar-refractivity contribution in [2.75, 3.05) is 24.3 Å². The highest BCUT2D eigenvalue weighted by molar-refractivity contribution is 7.09. The van der Waals surface area contributed by atoms with E-state index >= 15 is 0 Å². The van der Waals surface area contributed by atoms with Gasteiger partial charge in [0.25, 0.3) is 0 Å². The summed E-state index contributed by atoms with van der Waals surface area (Å²) in [5.41, 5.74) is 7.45. The van der Waals surface area contributed by atoms with Gasteiger partial charge in [0.05, 0.1) is 35.7 Å². The summed E-state index contributed by atoms with van der Waals surface area (Å²) in [6, 6.07) is 1.59. The number of aromatic nitrogens is 2. The van der Waals surface area contributed by atoms with Gasteiger partial charge in [-0.2, -0.15) is 0 Å². The molecule has 0 radical (unpaired) electrons. The number of nitrogens with zero attached hydrogens (tertiary/aromatic N) is 3.